The Hall–Kier alpha value is -2.11. The van der Waals surface area contributed by atoms with Gasteiger partial charge in [-0.2, -0.15) is 0 Å². The van der Waals surface area contributed by atoms with Gasteiger partial charge in [0.2, 0.25) is 5.91 Å². The molecule has 0 aliphatic rings. The molecule has 0 radical (unpaired) electrons. The van der Waals surface area contributed by atoms with E-state index in [0.29, 0.717) is 5.56 Å². The number of anilines is 1. The first-order chi connectivity index (χ1) is 7.91. The molecule has 0 fully saturated rings. The molecule has 0 aliphatic carbocycles. The molecule has 92 valence electrons. The summed E-state index contributed by atoms with van der Waals surface area (Å²) in [6.45, 7) is 1.64. The second-order valence-corrected chi connectivity index (χ2v) is 3.64. The zero-order chi connectivity index (χ0) is 13.0. The number of hydrogen-bond acceptors (Lipinski definition) is 3. The van der Waals surface area contributed by atoms with Gasteiger partial charge in [0.15, 0.2) is 0 Å². The molecule has 0 saturated heterocycles. The van der Waals surface area contributed by atoms with Gasteiger partial charge in [0.25, 0.3) is 5.91 Å². The molecular formula is C11H14FN3O2. The predicted molar refractivity (Wildman–Crippen MR) is 61.7 cm³/mol. The van der Waals surface area contributed by atoms with Crippen LogP contribution in [0.15, 0.2) is 12.1 Å². The summed E-state index contributed by atoms with van der Waals surface area (Å²) >= 11 is 0. The average Bonchev–Trinajstić information content (AvgIpc) is 2.24. The summed E-state index contributed by atoms with van der Waals surface area (Å²) in [5.41, 5.74) is 11.1. The van der Waals surface area contributed by atoms with Crippen LogP contribution < -0.4 is 16.8 Å². The molecule has 1 rings (SSSR count). The van der Waals surface area contributed by atoms with Crippen LogP contribution in [0.2, 0.25) is 0 Å². The topological polar surface area (TPSA) is 98.2 Å². The number of carbonyl (C=O) groups is 2. The molecule has 0 unspecified atom stereocenters. The minimum atomic E-state index is -0.537. The van der Waals surface area contributed by atoms with Crippen molar-refractivity contribution in [2.24, 2.45) is 5.73 Å². The van der Waals surface area contributed by atoms with Gasteiger partial charge >= 0.3 is 0 Å². The van der Waals surface area contributed by atoms with Gasteiger partial charge in [0.05, 0.1) is 0 Å². The Morgan fingerprint density at radius 3 is 2.59 bits per heavy atom. The molecule has 0 spiro atoms. The molecule has 0 aliphatic heterocycles. The molecule has 0 bridgehead atoms. The van der Waals surface area contributed by atoms with Crippen LogP contribution in [0.1, 0.15) is 22.3 Å². The highest BCUT2D eigenvalue weighted by atomic mass is 19.1. The van der Waals surface area contributed by atoms with Crippen LogP contribution in [-0.4, -0.2) is 18.4 Å². The maximum absolute atomic E-state index is 13.3. The van der Waals surface area contributed by atoms with E-state index in [1.165, 1.54) is 13.0 Å². The average molecular weight is 239 g/mol. The lowest BCUT2D eigenvalue weighted by atomic mass is 10.1. The van der Waals surface area contributed by atoms with Crippen LogP contribution in [0.25, 0.3) is 0 Å². The van der Waals surface area contributed by atoms with Crippen LogP contribution in [0.5, 0.6) is 0 Å². The third-order valence-electron chi connectivity index (χ3n) is 2.30. The minimum Gasteiger partial charge on any atom is -0.398 e. The number of nitrogen functional groups attached to an aromatic ring is 1. The lowest BCUT2D eigenvalue weighted by Crippen LogP contribution is -2.28. The van der Waals surface area contributed by atoms with Crippen molar-refractivity contribution in [2.45, 2.75) is 13.3 Å². The largest absolute Gasteiger partial charge is 0.398 e. The van der Waals surface area contributed by atoms with Gasteiger partial charge in [-0.3, -0.25) is 9.59 Å². The first-order valence-electron chi connectivity index (χ1n) is 5.04. The van der Waals surface area contributed by atoms with Gasteiger partial charge in [-0.15, -0.1) is 0 Å². The molecule has 0 aromatic heterocycles. The van der Waals surface area contributed by atoms with Crippen LogP contribution in [0.3, 0.4) is 0 Å². The van der Waals surface area contributed by atoms with E-state index in [-0.39, 0.29) is 24.2 Å². The van der Waals surface area contributed by atoms with E-state index >= 15 is 0 Å². The maximum atomic E-state index is 13.3. The molecule has 0 saturated carbocycles. The monoisotopic (exact) mass is 239 g/mol. The number of rotatable bonds is 4. The first-order valence-corrected chi connectivity index (χ1v) is 5.04. The number of nitrogens with one attached hydrogen (secondary N) is 1. The molecular weight excluding hydrogens is 225 g/mol. The summed E-state index contributed by atoms with van der Waals surface area (Å²) in [6, 6.07) is 2.49. The zero-order valence-electron chi connectivity index (χ0n) is 9.42. The lowest BCUT2D eigenvalue weighted by molar-refractivity contribution is -0.117. The summed E-state index contributed by atoms with van der Waals surface area (Å²) in [4.78, 5) is 22.0. The number of nitrogens with two attached hydrogens (primary N) is 2. The molecule has 5 N–H and O–H groups in total. The number of halogens is 1. The Morgan fingerprint density at radius 1 is 1.41 bits per heavy atom. The molecule has 1 aromatic rings. The molecule has 1 aromatic carbocycles. The van der Waals surface area contributed by atoms with Gasteiger partial charge in [-0.05, 0) is 19.1 Å². The highest BCUT2D eigenvalue weighted by molar-refractivity contribution is 5.95. The molecule has 6 heteroatoms. The second kappa shape index (κ2) is 5.29. The number of primary amides is 1. The summed E-state index contributed by atoms with van der Waals surface area (Å²) in [6.07, 6.45) is 0.0373. The third-order valence-corrected chi connectivity index (χ3v) is 2.30. The van der Waals surface area contributed by atoms with E-state index in [1.807, 2.05) is 0 Å². The number of hydrogen-bond donors (Lipinski definition) is 3. The quantitative estimate of drug-likeness (QED) is 0.660. The summed E-state index contributed by atoms with van der Waals surface area (Å²) in [5, 5.41) is 2.44. The van der Waals surface area contributed by atoms with E-state index in [9.17, 15) is 14.0 Å². The van der Waals surface area contributed by atoms with E-state index in [0.717, 1.165) is 6.07 Å². The van der Waals surface area contributed by atoms with Gasteiger partial charge in [-0.1, -0.05) is 0 Å². The molecule has 2 amide bonds. The fourth-order valence-corrected chi connectivity index (χ4v) is 1.23. The van der Waals surface area contributed by atoms with Crippen LogP contribution in [-0.2, 0) is 4.79 Å². The second-order valence-electron chi connectivity index (χ2n) is 3.64. The fraction of sp³-hybridized carbons (Fsp3) is 0.273. The highest BCUT2D eigenvalue weighted by Gasteiger charge is 2.10. The smallest absolute Gasteiger partial charge is 0.251 e. The van der Waals surface area contributed by atoms with E-state index in [4.69, 9.17) is 11.5 Å². The number of benzene rings is 1. The van der Waals surface area contributed by atoms with E-state index < -0.39 is 17.6 Å². The SMILES string of the molecule is Cc1c(N)cc(C(=O)NCCC(N)=O)cc1F. The summed E-state index contributed by atoms with van der Waals surface area (Å²) in [7, 11) is 0. The van der Waals surface area contributed by atoms with Crippen molar-refractivity contribution < 1.29 is 14.0 Å². The Kier molecular flexibility index (Phi) is 4.03. The van der Waals surface area contributed by atoms with Crippen molar-refractivity contribution in [1.82, 2.24) is 5.32 Å². The number of carbonyl (C=O) groups excluding carboxylic acids is 2. The van der Waals surface area contributed by atoms with Crippen molar-refractivity contribution in [3.63, 3.8) is 0 Å². The van der Waals surface area contributed by atoms with Crippen molar-refractivity contribution in [2.75, 3.05) is 12.3 Å². The van der Waals surface area contributed by atoms with Gasteiger partial charge in [0.1, 0.15) is 5.82 Å². The third kappa shape index (κ3) is 3.44. The van der Waals surface area contributed by atoms with Crippen LogP contribution >= 0.6 is 0 Å². The van der Waals surface area contributed by atoms with Crippen molar-refractivity contribution in [1.29, 1.82) is 0 Å². The first kappa shape index (κ1) is 13.0. The molecule has 0 atom stereocenters. The highest BCUT2D eigenvalue weighted by Crippen LogP contribution is 2.17. The fourth-order valence-electron chi connectivity index (χ4n) is 1.23. The van der Waals surface area contributed by atoms with E-state index in [1.54, 1.807) is 0 Å². The summed E-state index contributed by atoms with van der Waals surface area (Å²) < 4.78 is 13.3. The van der Waals surface area contributed by atoms with E-state index in [2.05, 4.69) is 5.32 Å². The predicted octanol–water partition coefficient (Wildman–Crippen LogP) is 0.322. The Labute approximate surface area is 98.0 Å². The Morgan fingerprint density at radius 2 is 2.06 bits per heavy atom. The molecule has 0 heterocycles. The van der Waals surface area contributed by atoms with Crippen molar-refractivity contribution in [3.8, 4) is 0 Å². The number of amides is 2. The van der Waals surface area contributed by atoms with Gasteiger partial charge in [-0.25, -0.2) is 4.39 Å². The maximum Gasteiger partial charge on any atom is 0.251 e. The zero-order valence-corrected chi connectivity index (χ0v) is 9.42. The van der Waals surface area contributed by atoms with Crippen LogP contribution in [0.4, 0.5) is 10.1 Å². The standard InChI is InChI=1S/C11H14FN3O2/c1-6-8(12)4-7(5-9(6)13)11(17)15-3-2-10(14)16/h4-5H,2-3,13H2,1H3,(H2,14,16)(H,15,17). The Balaban J connectivity index is 2.73. The van der Waals surface area contributed by atoms with Crippen molar-refractivity contribution >= 4 is 17.5 Å². The lowest BCUT2D eigenvalue weighted by Gasteiger charge is -2.07. The molecule has 5 nitrogen and oxygen atoms in total. The Bertz CT molecular complexity index is 437. The summed E-state index contributed by atoms with van der Waals surface area (Å²) in [5.74, 6) is -1.54. The normalized spacial score (nSPS) is 10.0. The molecule has 17 heavy (non-hydrogen) atoms. The van der Waals surface area contributed by atoms with Crippen LogP contribution in [0, 0.1) is 12.7 Å². The van der Waals surface area contributed by atoms with Gasteiger partial charge in [0, 0.05) is 29.8 Å². The minimum absolute atomic E-state index is 0.0373. The van der Waals surface area contributed by atoms with Crippen molar-refractivity contribution in [3.05, 3.63) is 29.1 Å². The van der Waals surface area contributed by atoms with Gasteiger partial charge < -0.3 is 16.8 Å².